The van der Waals surface area contributed by atoms with Crippen molar-refractivity contribution in [2.75, 3.05) is 4.72 Å². The lowest BCUT2D eigenvalue weighted by atomic mass is 9.88. The van der Waals surface area contributed by atoms with Crippen LogP contribution in [0.3, 0.4) is 0 Å². The average molecular weight is 392 g/mol. The largest absolute Gasteiger partial charge is 0.478 e. The Morgan fingerprint density at radius 1 is 1.22 bits per heavy atom. The van der Waals surface area contributed by atoms with Crippen LogP contribution in [0.2, 0.25) is 0 Å². The number of nitrogens with one attached hydrogen (secondary N) is 1. The summed E-state index contributed by atoms with van der Waals surface area (Å²) in [7, 11) is -4.02. The first kappa shape index (κ1) is 20.7. The number of carboxylic acids is 1. The number of sulfonamides is 1. The van der Waals surface area contributed by atoms with Gasteiger partial charge in [0.15, 0.2) is 0 Å². The van der Waals surface area contributed by atoms with Gasteiger partial charge in [0.05, 0.1) is 16.6 Å². The molecule has 7 nitrogen and oxygen atoms in total. The van der Waals surface area contributed by atoms with Crippen LogP contribution in [0.5, 0.6) is 5.88 Å². The van der Waals surface area contributed by atoms with Crippen LogP contribution in [0.1, 0.15) is 50.5 Å². The molecular formula is C19H24N2O5S. The normalized spacial score (nSPS) is 12.1. The Hall–Kier alpha value is -2.61. The van der Waals surface area contributed by atoms with Crippen LogP contribution in [0.15, 0.2) is 41.4 Å². The Balaban J connectivity index is 2.49. The number of aromatic nitrogens is 1. The lowest BCUT2D eigenvalue weighted by molar-refractivity contribution is 0.0696. The highest BCUT2D eigenvalue weighted by Gasteiger charge is 2.22. The Morgan fingerprint density at radius 2 is 1.89 bits per heavy atom. The van der Waals surface area contributed by atoms with Crippen molar-refractivity contribution in [3.05, 3.63) is 47.7 Å². The van der Waals surface area contributed by atoms with E-state index in [0.717, 1.165) is 11.6 Å². The van der Waals surface area contributed by atoms with E-state index in [0.29, 0.717) is 0 Å². The molecule has 2 aromatic rings. The van der Waals surface area contributed by atoms with Gasteiger partial charge in [-0.3, -0.25) is 4.72 Å². The van der Waals surface area contributed by atoms with Gasteiger partial charge in [-0.25, -0.2) is 18.2 Å². The van der Waals surface area contributed by atoms with E-state index in [2.05, 4.69) is 9.71 Å². The van der Waals surface area contributed by atoms with Crippen molar-refractivity contribution in [2.45, 2.75) is 51.0 Å². The summed E-state index contributed by atoms with van der Waals surface area (Å²) in [6.45, 7) is 9.59. The fraction of sp³-hybridized carbons (Fsp3) is 0.368. The maximum atomic E-state index is 12.8. The minimum atomic E-state index is -4.02. The Bertz CT molecular complexity index is 947. The number of aromatic carboxylic acids is 1. The van der Waals surface area contributed by atoms with E-state index >= 15 is 0 Å². The number of anilines is 1. The molecule has 27 heavy (non-hydrogen) atoms. The molecule has 0 aliphatic carbocycles. The van der Waals surface area contributed by atoms with Gasteiger partial charge in [0.2, 0.25) is 5.88 Å². The quantitative estimate of drug-likeness (QED) is 0.777. The molecule has 0 aliphatic rings. The molecule has 0 bridgehead atoms. The molecule has 0 radical (unpaired) electrons. The number of hydrogen-bond acceptors (Lipinski definition) is 5. The number of carbonyl (C=O) groups is 1. The molecular weight excluding hydrogens is 368 g/mol. The molecule has 0 amide bonds. The van der Waals surface area contributed by atoms with Gasteiger partial charge in [-0.15, -0.1) is 0 Å². The monoisotopic (exact) mass is 392 g/mol. The number of ether oxygens (including phenoxy) is 1. The molecule has 2 rings (SSSR count). The van der Waals surface area contributed by atoms with Gasteiger partial charge >= 0.3 is 5.97 Å². The molecule has 2 N–H and O–H groups in total. The van der Waals surface area contributed by atoms with Gasteiger partial charge in [-0.1, -0.05) is 26.8 Å². The second kappa shape index (κ2) is 7.56. The minimum absolute atomic E-state index is 0.113. The minimum Gasteiger partial charge on any atom is -0.478 e. The molecule has 0 aliphatic heterocycles. The second-order valence-corrected chi connectivity index (χ2v) is 9.11. The van der Waals surface area contributed by atoms with Crippen LogP contribution in [-0.4, -0.2) is 30.6 Å². The number of nitrogens with zero attached hydrogens (tertiary/aromatic N) is 1. The molecule has 146 valence electrons. The number of rotatable bonds is 6. The zero-order valence-corrected chi connectivity index (χ0v) is 16.8. The Labute approximate surface area is 159 Å². The van der Waals surface area contributed by atoms with E-state index in [1.165, 1.54) is 18.2 Å². The van der Waals surface area contributed by atoms with Gasteiger partial charge in [-0.2, -0.15) is 0 Å². The first-order valence-corrected chi connectivity index (χ1v) is 9.92. The molecule has 0 spiro atoms. The van der Waals surface area contributed by atoms with Crippen LogP contribution in [0.4, 0.5) is 5.69 Å². The molecule has 8 heteroatoms. The van der Waals surface area contributed by atoms with E-state index in [1.807, 2.05) is 34.6 Å². The van der Waals surface area contributed by atoms with Crippen molar-refractivity contribution in [1.29, 1.82) is 0 Å². The van der Waals surface area contributed by atoms with Gasteiger partial charge in [-0.05, 0) is 49.1 Å². The van der Waals surface area contributed by atoms with Crippen molar-refractivity contribution in [1.82, 2.24) is 4.98 Å². The van der Waals surface area contributed by atoms with Crippen LogP contribution in [0, 0.1) is 0 Å². The molecule has 0 atom stereocenters. The highest BCUT2D eigenvalue weighted by atomic mass is 32.2. The molecule has 0 fully saturated rings. The third kappa shape index (κ3) is 5.19. The van der Waals surface area contributed by atoms with Crippen molar-refractivity contribution in [3.63, 3.8) is 0 Å². The van der Waals surface area contributed by atoms with Gasteiger partial charge < -0.3 is 9.84 Å². The van der Waals surface area contributed by atoms with Crippen LogP contribution in [0.25, 0.3) is 0 Å². The number of hydrogen-bond donors (Lipinski definition) is 2. The maximum absolute atomic E-state index is 12.8. The summed E-state index contributed by atoms with van der Waals surface area (Å²) in [6.07, 6.45) is 1.46. The van der Waals surface area contributed by atoms with Crippen LogP contribution >= 0.6 is 0 Å². The standard InChI is InChI=1S/C19H24N2O5S/c1-12(2)26-17-16(10-14(11-20-17)19(3,4)5)21-27(24,25)15-8-6-7-13(9-15)18(22)23/h6-12,21H,1-5H3,(H,22,23). The lowest BCUT2D eigenvalue weighted by Gasteiger charge is -2.22. The van der Waals surface area contributed by atoms with Crippen molar-refractivity contribution in [2.24, 2.45) is 0 Å². The van der Waals surface area contributed by atoms with E-state index < -0.39 is 16.0 Å². The maximum Gasteiger partial charge on any atom is 0.335 e. The fourth-order valence-corrected chi connectivity index (χ4v) is 3.35. The lowest BCUT2D eigenvalue weighted by Crippen LogP contribution is -2.18. The number of carboxylic acid groups (broad SMARTS) is 1. The molecule has 1 aromatic carbocycles. The van der Waals surface area contributed by atoms with Gasteiger partial charge in [0.1, 0.15) is 5.69 Å². The van der Waals surface area contributed by atoms with Crippen LogP contribution < -0.4 is 9.46 Å². The highest BCUT2D eigenvalue weighted by molar-refractivity contribution is 7.92. The van der Waals surface area contributed by atoms with E-state index in [1.54, 1.807) is 12.3 Å². The molecule has 1 heterocycles. The summed E-state index contributed by atoms with van der Waals surface area (Å²) in [6, 6.07) is 6.83. The third-order valence-electron chi connectivity index (χ3n) is 3.70. The predicted molar refractivity (Wildman–Crippen MR) is 103 cm³/mol. The number of pyridine rings is 1. The van der Waals surface area contributed by atoms with Gasteiger partial charge in [0.25, 0.3) is 10.0 Å². The third-order valence-corrected chi connectivity index (χ3v) is 5.06. The first-order chi connectivity index (χ1) is 12.4. The Kier molecular flexibility index (Phi) is 5.79. The van der Waals surface area contributed by atoms with Crippen molar-refractivity contribution in [3.8, 4) is 5.88 Å². The summed E-state index contributed by atoms with van der Waals surface area (Å²) in [5.74, 6) is -1.04. The zero-order valence-electron chi connectivity index (χ0n) is 16.0. The summed E-state index contributed by atoms with van der Waals surface area (Å²) >= 11 is 0. The summed E-state index contributed by atoms with van der Waals surface area (Å²) in [4.78, 5) is 15.2. The molecule has 0 saturated carbocycles. The van der Waals surface area contributed by atoms with E-state index in [4.69, 9.17) is 9.84 Å². The molecule has 0 saturated heterocycles. The van der Waals surface area contributed by atoms with Gasteiger partial charge in [0, 0.05) is 6.20 Å². The van der Waals surface area contributed by atoms with Crippen molar-refractivity contribution >= 4 is 21.7 Å². The van der Waals surface area contributed by atoms with E-state index in [9.17, 15) is 13.2 Å². The second-order valence-electron chi connectivity index (χ2n) is 7.43. The van der Waals surface area contributed by atoms with Crippen molar-refractivity contribution < 1.29 is 23.1 Å². The topological polar surface area (TPSA) is 106 Å². The summed E-state index contributed by atoms with van der Waals surface area (Å²) in [5, 5.41) is 9.09. The van der Waals surface area contributed by atoms with Crippen LogP contribution in [-0.2, 0) is 15.4 Å². The fourth-order valence-electron chi connectivity index (χ4n) is 2.25. The SMILES string of the molecule is CC(C)Oc1ncc(C(C)(C)C)cc1NS(=O)(=O)c1cccc(C(=O)O)c1. The average Bonchev–Trinajstić information content (AvgIpc) is 2.55. The predicted octanol–water partition coefficient (Wildman–Crippen LogP) is 3.67. The zero-order chi connectivity index (χ0) is 20.4. The highest BCUT2D eigenvalue weighted by Crippen LogP contribution is 2.31. The number of benzene rings is 1. The summed E-state index contributed by atoms with van der Waals surface area (Å²) < 4.78 is 33.7. The Morgan fingerprint density at radius 3 is 2.44 bits per heavy atom. The molecule has 0 unspecified atom stereocenters. The van der Waals surface area contributed by atoms with E-state index in [-0.39, 0.29) is 33.5 Å². The summed E-state index contributed by atoms with van der Waals surface area (Å²) in [5.41, 5.74) is 0.679. The smallest absolute Gasteiger partial charge is 0.335 e. The first-order valence-electron chi connectivity index (χ1n) is 8.43. The molecule has 1 aromatic heterocycles.